The molecule has 4 nitrogen and oxygen atoms in total. The summed E-state index contributed by atoms with van der Waals surface area (Å²) >= 11 is 1.47. The first kappa shape index (κ1) is 10.1. The van der Waals surface area contributed by atoms with Gasteiger partial charge in [-0.15, -0.1) is 11.3 Å². The van der Waals surface area contributed by atoms with E-state index in [0.717, 1.165) is 16.4 Å². The Bertz CT molecular complexity index is 695. The van der Waals surface area contributed by atoms with Crippen molar-refractivity contribution in [3.63, 3.8) is 0 Å². The molecule has 17 heavy (non-hydrogen) atoms. The highest BCUT2D eigenvalue weighted by Crippen LogP contribution is 2.27. The molecule has 3 rings (SSSR count). The number of halogens is 1. The average Bonchev–Trinajstić information content (AvgIpc) is 2.78. The molecule has 3 aromatic rings. The predicted octanol–water partition coefficient (Wildman–Crippen LogP) is 2.47. The molecule has 2 N–H and O–H groups in total. The van der Waals surface area contributed by atoms with Gasteiger partial charge in [0.1, 0.15) is 5.82 Å². The highest BCUT2D eigenvalue weighted by atomic mass is 32.1. The van der Waals surface area contributed by atoms with E-state index in [9.17, 15) is 4.39 Å². The van der Waals surface area contributed by atoms with Crippen LogP contribution in [0.15, 0.2) is 29.9 Å². The molecule has 0 aliphatic carbocycles. The normalized spacial score (nSPS) is 10.9. The summed E-state index contributed by atoms with van der Waals surface area (Å²) in [4.78, 5) is 12.1. The van der Waals surface area contributed by atoms with Crippen LogP contribution in [0, 0.1) is 5.82 Å². The molecule has 0 saturated heterocycles. The molecule has 0 aliphatic heterocycles. The third-order valence-corrected chi connectivity index (χ3v) is 3.27. The number of fused-ring (bicyclic) bond motifs is 1. The minimum atomic E-state index is -0.457. The standard InChI is InChI=1S/C11H7FN4S/c12-7-5-14-3-1-6(7)11-15-8-2-4-17-9(8)10(13)16-11/h1-5H,(H2,13,15,16). The van der Waals surface area contributed by atoms with Crippen LogP contribution in [-0.2, 0) is 0 Å². The van der Waals surface area contributed by atoms with E-state index in [1.165, 1.54) is 23.6 Å². The van der Waals surface area contributed by atoms with Crippen molar-refractivity contribution in [1.29, 1.82) is 0 Å². The van der Waals surface area contributed by atoms with Crippen molar-refractivity contribution >= 4 is 27.4 Å². The van der Waals surface area contributed by atoms with Gasteiger partial charge in [-0.25, -0.2) is 14.4 Å². The van der Waals surface area contributed by atoms with Crippen LogP contribution >= 0.6 is 11.3 Å². The lowest BCUT2D eigenvalue weighted by atomic mass is 10.2. The molecule has 3 heterocycles. The first-order chi connectivity index (χ1) is 8.25. The zero-order chi connectivity index (χ0) is 11.8. The van der Waals surface area contributed by atoms with E-state index in [0.29, 0.717) is 11.4 Å². The van der Waals surface area contributed by atoms with Gasteiger partial charge in [0.15, 0.2) is 11.6 Å². The van der Waals surface area contributed by atoms with Crippen molar-refractivity contribution < 1.29 is 4.39 Å². The van der Waals surface area contributed by atoms with Gasteiger partial charge in [-0.1, -0.05) is 0 Å². The highest BCUT2D eigenvalue weighted by Gasteiger charge is 2.11. The second kappa shape index (κ2) is 3.74. The highest BCUT2D eigenvalue weighted by molar-refractivity contribution is 7.17. The van der Waals surface area contributed by atoms with Crippen LogP contribution in [0.2, 0.25) is 0 Å². The maximum absolute atomic E-state index is 13.6. The lowest BCUT2D eigenvalue weighted by molar-refractivity contribution is 0.624. The number of hydrogen-bond donors (Lipinski definition) is 1. The SMILES string of the molecule is Nc1nc(-c2ccncc2F)nc2ccsc12. The molecule has 0 spiro atoms. The van der Waals surface area contributed by atoms with Crippen LogP contribution in [0.5, 0.6) is 0 Å². The monoisotopic (exact) mass is 246 g/mol. The molecule has 0 aromatic carbocycles. The largest absolute Gasteiger partial charge is 0.382 e. The van der Waals surface area contributed by atoms with E-state index >= 15 is 0 Å². The van der Waals surface area contributed by atoms with Crippen LogP contribution in [-0.4, -0.2) is 15.0 Å². The molecule has 0 saturated carbocycles. The molecule has 84 valence electrons. The van der Waals surface area contributed by atoms with Gasteiger partial charge in [0.05, 0.1) is 22.0 Å². The Morgan fingerprint density at radius 2 is 2.12 bits per heavy atom. The number of nitrogen functional groups attached to an aromatic ring is 1. The fourth-order valence-corrected chi connectivity index (χ4v) is 2.30. The summed E-state index contributed by atoms with van der Waals surface area (Å²) in [5, 5.41) is 1.88. The zero-order valence-corrected chi connectivity index (χ0v) is 9.41. The van der Waals surface area contributed by atoms with E-state index in [2.05, 4.69) is 15.0 Å². The summed E-state index contributed by atoms with van der Waals surface area (Å²) in [6, 6.07) is 3.36. The fraction of sp³-hybridized carbons (Fsp3) is 0. The van der Waals surface area contributed by atoms with Crippen LogP contribution in [0.3, 0.4) is 0 Å². The Kier molecular flexibility index (Phi) is 2.22. The Morgan fingerprint density at radius 3 is 2.94 bits per heavy atom. The van der Waals surface area contributed by atoms with Crippen LogP contribution < -0.4 is 5.73 Å². The molecule has 0 fully saturated rings. The van der Waals surface area contributed by atoms with Crippen molar-refractivity contribution in [2.24, 2.45) is 0 Å². The zero-order valence-electron chi connectivity index (χ0n) is 8.59. The van der Waals surface area contributed by atoms with Gasteiger partial charge >= 0.3 is 0 Å². The lowest BCUT2D eigenvalue weighted by Crippen LogP contribution is -1.97. The number of aromatic nitrogens is 3. The van der Waals surface area contributed by atoms with Gasteiger partial charge in [0, 0.05) is 6.20 Å². The smallest absolute Gasteiger partial charge is 0.165 e. The number of hydrogen-bond acceptors (Lipinski definition) is 5. The Hall–Kier alpha value is -2.08. The molecule has 6 heteroatoms. The fourth-order valence-electron chi connectivity index (χ4n) is 1.56. The molecule has 0 unspecified atom stereocenters. The van der Waals surface area contributed by atoms with Crippen LogP contribution in [0.1, 0.15) is 0 Å². The van der Waals surface area contributed by atoms with Crippen molar-refractivity contribution in [2.45, 2.75) is 0 Å². The second-order valence-corrected chi connectivity index (χ2v) is 4.34. The van der Waals surface area contributed by atoms with Crippen molar-refractivity contribution in [3.8, 4) is 11.4 Å². The summed E-state index contributed by atoms with van der Waals surface area (Å²) in [6.07, 6.45) is 2.63. The summed E-state index contributed by atoms with van der Waals surface area (Å²) in [5.74, 6) is 0.200. The van der Waals surface area contributed by atoms with E-state index < -0.39 is 5.82 Å². The summed E-state index contributed by atoms with van der Waals surface area (Å²) in [7, 11) is 0. The Balaban J connectivity index is 2.28. The molecule has 0 atom stereocenters. The minimum Gasteiger partial charge on any atom is -0.382 e. The van der Waals surface area contributed by atoms with Crippen molar-refractivity contribution in [2.75, 3.05) is 5.73 Å². The van der Waals surface area contributed by atoms with E-state index in [1.54, 1.807) is 0 Å². The number of nitrogens with zero attached hydrogens (tertiary/aromatic N) is 3. The first-order valence-corrected chi connectivity index (χ1v) is 5.74. The number of rotatable bonds is 1. The molecule has 0 amide bonds. The maximum atomic E-state index is 13.6. The second-order valence-electron chi connectivity index (χ2n) is 3.42. The minimum absolute atomic E-state index is 0.285. The molecular formula is C11H7FN4S. The van der Waals surface area contributed by atoms with Crippen molar-refractivity contribution in [3.05, 3.63) is 35.7 Å². The lowest BCUT2D eigenvalue weighted by Gasteiger charge is -2.03. The van der Waals surface area contributed by atoms with Crippen LogP contribution in [0.25, 0.3) is 21.6 Å². The van der Waals surface area contributed by atoms with Crippen LogP contribution in [0.4, 0.5) is 10.2 Å². The summed E-state index contributed by atoms with van der Waals surface area (Å²) in [6.45, 7) is 0. The van der Waals surface area contributed by atoms with E-state index in [4.69, 9.17) is 5.73 Å². The van der Waals surface area contributed by atoms with Gasteiger partial charge < -0.3 is 5.73 Å². The third-order valence-electron chi connectivity index (χ3n) is 2.34. The molecule has 3 aromatic heterocycles. The molecule has 0 radical (unpaired) electrons. The Labute approximate surface area is 100.0 Å². The average molecular weight is 246 g/mol. The van der Waals surface area contributed by atoms with E-state index in [1.807, 2.05) is 11.4 Å². The molecular weight excluding hydrogens is 239 g/mol. The number of pyridine rings is 1. The quantitative estimate of drug-likeness (QED) is 0.716. The van der Waals surface area contributed by atoms with Gasteiger partial charge in [0.2, 0.25) is 0 Å². The van der Waals surface area contributed by atoms with Gasteiger partial charge in [-0.05, 0) is 17.5 Å². The van der Waals surface area contributed by atoms with Gasteiger partial charge in [0.25, 0.3) is 0 Å². The summed E-state index contributed by atoms with van der Waals surface area (Å²) < 4.78 is 14.4. The van der Waals surface area contributed by atoms with Gasteiger partial charge in [-0.3, -0.25) is 4.98 Å². The molecule has 0 aliphatic rings. The first-order valence-electron chi connectivity index (χ1n) is 4.86. The summed E-state index contributed by atoms with van der Waals surface area (Å²) in [5.41, 5.74) is 6.85. The van der Waals surface area contributed by atoms with Crippen molar-refractivity contribution in [1.82, 2.24) is 15.0 Å². The van der Waals surface area contributed by atoms with Gasteiger partial charge in [-0.2, -0.15) is 0 Å². The number of anilines is 1. The molecule has 0 bridgehead atoms. The topological polar surface area (TPSA) is 64.7 Å². The predicted molar refractivity (Wildman–Crippen MR) is 65.0 cm³/mol. The third kappa shape index (κ3) is 1.62. The van der Waals surface area contributed by atoms with E-state index in [-0.39, 0.29) is 5.82 Å². The maximum Gasteiger partial charge on any atom is 0.165 e. The Morgan fingerprint density at radius 1 is 1.24 bits per heavy atom. The number of thiophene rings is 1. The number of nitrogens with two attached hydrogens (primary N) is 1.